The number of aryl methyl sites for hydroxylation is 2. The van der Waals surface area contributed by atoms with Gasteiger partial charge in [0, 0.05) is 79.4 Å². The maximum absolute atomic E-state index is 13.3. The Bertz CT molecular complexity index is 2640. The molecule has 3 fully saturated rings. The predicted octanol–water partition coefficient (Wildman–Crippen LogP) is 12.4. The van der Waals surface area contributed by atoms with E-state index in [2.05, 4.69) is 92.4 Å². The van der Waals surface area contributed by atoms with E-state index in [9.17, 15) is 59.2 Å². The second-order valence-corrected chi connectivity index (χ2v) is 29.6. The van der Waals surface area contributed by atoms with Crippen LogP contribution in [0.4, 0.5) is 39.5 Å². The molecule has 2 saturated carbocycles. The second-order valence-electron chi connectivity index (χ2n) is 24.7. The molecule has 86 heavy (non-hydrogen) atoms. The standard InChI is InChI=1S/C59H88F9N6O9PS2/c1-38(2)74(39(3)4)84(32-13-25-69)83-47-35-51(82-48(47)37-75)73-36-41(52(77)71-53(73)78)15-21-50(76)70-26-11-9-10-12-33-85-86-54(5,6)24-29-79-42-16-18-43-40(34-42)14-17-45-44(43)22-23-55(7)46(45)19-20-49(55)80-30-27-72(8)28-31-81-56(57(60,61)62,58(63,64)65)59(66,67)68/h16,18,34,36,38-39,44-49,51,75H,9-15,17,19-24,26-33,35,37H2,1-8H3,(H,70,76)(H,71,77,78)/t44?,45?,46-,47-,48+,49-,51+,55-,84?/m0/s1/i75D. The Labute approximate surface area is 510 Å². The summed E-state index contributed by atoms with van der Waals surface area (Å²) in [6, 6.07) is 8.95. The van der Waals surface area contributed by atoms with Crippen molar-refractivity contribution in [2.75, 3.05) is 65.0 Å². The van der Waals surface area contributed by atoms with E-state index in [0.717, 1.165) is 82.1 Å². The van der Waals surface area contributed by atoms with Gasteiger partial charge in [-0.2, -0.15) is 44.8 Å². The summed E-state index contributed by atoms with van der Waals surface area (Å²) >= 11 is 0. The number of hydrogen-bond acceptors (Lipinski definition) is 14. The zero-order valence-corrected chi connectivity index (χ0v) is 53.1. The van der Waals surface area contributed by atoms with Crippen LogP contribution in [-0.2, 0) is 36.4 Å². The molecule has 15 nitrogen and oxygen atoms in total. The zero-order chi connectivity index (χ0) is 64.1. The van der Waals surface area contributed by atoms with Crippen LogP contribution in [0.25, 0.3) is 0 Å². The molecule has 1 aliphatic heterocycles. The molecule has 1 aromatic heterocycles. The van der Waals surface area contributed by atoms with Crippen LogP contribution in [0.2, 0.25) is 0 Å². The van der Waals surface area contributed by atoms with Crippen LogP contribution in [0.3, 0.4) is 0 Å². The molecule has 0 spiro atoms. The number of nitrogens with zero attached hydrogens (tertiary/aromatic N) is 4. The van der Waals surface area contributed by atoms with Crippen molar-refractivity contribution in [3.05, 3.63) is 61.9 Å². The van der Waals surface area contributed by atoms with Gasteiger partial charge < -0.3 is 38.8 Å². The molecule has 4 aliphatic rings. The van der Waals surface area contributed by atoms with Crippen LogP contribution in [0.1, 0.15) is 161 Å². The fraction of sp³-hybridized carbons (Fsp3) is 0.797. The molecule has 9 atom stereocenters. The Kier molecular flexibility index (Phi) is 25.6. The second kappa shape index (κ2) is 31.3. The minimum Gasteiger partial charge on any atom is -0.494 e. The van der Waals surface area contributed by atoms with Crippen molar-refractivity contribution in [3.63, 3.8) is 0 Å². The average Bonchev–Trinajstić information content (AvgIpc) is 1.54. The molecule has 0 radical (unpaired) electrons. The van der Waals surface area contributed by atoms with Crippen molar-refractivity contribution in [2.24, 2.45) is 17.3 Å². The van der Waals surface area contributed by atoms with Gasteiger partial charge in [0.15, 0.2) is 0 Å². The van der Waals surface area contributed by atoms with Gasteiger partial charge in [-0.15, -0.1) is 0 Å². The van der Waals surface area contributed by atoms with Crippen LogP contribution in [-0.4, -0.2) is 156 Å². The van der Waals surface area contributed by atoms with Gasteiger partial charge in [0.1, 0.15) is 26.4 Å². The Balaban J connectivity index is 0.841. The highest BCUT2D eigenvalue weighted by Crippen LogP contribution is 2.62. The lowest BCUT2D eigenvalue weighted by atomic mass is 9.55. The number of rotatable bonds is 34. The number of likely N-dealkylation sites (N-methyl/N-ethyl adjacent to an activating group) is 1. The SMILES string of the molecule is [2H]OC[C@H]1O[C@@H](n2cc(CCC(=O)NCCCCCCSSC(C)(C)CCOc3ccc4c(c3)CCC3C4CC[C@]4(C)[C@@H](OCCN(C)CCOC(C(F)(F)F)(C(F)(F)F)C(F)(F)F)CC[C@@H]34)c(=O)[nH]c2=O)C[C@@H]1OP(CCC#N)N(C(C)C)C(C)C. The smallest absolute Gasteiger partial charge is 0.435 e. The van der Waals surface area contributed by atoms with Gasteiger partial charge in [0.25, 0.3) is 5.56 Å². The topological polar surface area (TPSA) is 181 Å². The van der Waals surface area contributed by atoms with Crippen molar-refractivity contribution < 1.29 is 72.9 Å². The van der Waals surface area contributed by atoms with E-state index < -0.39 is 75.3 Å². The average molecular weight is 1290 g/mol. The molecule has 3 aliphatic carbocycles. The summed E-state index contributed by atoms with van der Waals surface area (Å²) in [5.41, 5.74) is -4.73. The first kappa shape index (κ1) is 70.3. The molecule has 3 unspecified atom stereocenters. The number of alkyl halides is 9. The molecule has 1 saturated heterocycles. The highest BCUT2D eigenvalue weighted by Gasteiger charge is 2.85. The summed E-state index contributed by atoms with van der Waals surface area (Å²) in [6.45, 7) is 14.0. The number of aromatic nitrogens is 2. The van der Waals surface area contributed by atoms with E-state index in [1.54, 1.807) is 0 Å². The number of hydrogen-bond donors (Lipinski definition) is 3. The minimum atomic E-state index is -6.77. The van der Waals surface area contributed by atoms with Gasteiger partial charge in [-0.1, -0.05) is 47.4 Å². The first-order valence-electron chi connectivity index (χ1n) is 30.4. The number of nitriles is 1. The first-order valence-corrected chi connectivity index (χ1v) is 33.7. The van der Waals surface area contributed by atoms with E-state index >= 15 is 0 Å². The summed E-state index contributed by atoms with van der Waals surface area (Å²) in [4.78, 5) is 42.4. The minimum absolute atomic E-state index is 0.0234. The maximum Gasteiger partial charge on any atom is 0.435 e. The number of ether oxygens (including phenoxy) is 4. The molecule has 1 aromatic carbocycles. The lowest BCUT2D eigenvalue weighted by Gasteiger charge is -2.50. The highest BCUT2D eigenvalue weighted by atomic mass is 33.1. The molecule has 6 rings (SSSR count). The van der Waals surface area contributed by atoms with Crippen molar-refractivity contribution in [2.45, 2.75) is 216 Å². The number of carbonyl (C=O) groups excluding carboxylic acids is 1. The Morgan fingerprint density at radius 2 is 1.69 bits per heavy atom. The van der Waals surface area contributed by atoms with Crippen LogP contribution in [0.15, 0.2) is 34.0 Å². The van der Waals surface area contributed by atoms with Gasteiger partial charge in [0.05, 0.1) is 44.7 Å². The van der Waals surface area contributed by atoms with E-state index in [1.807, 2.05) is 21.6 Å². The number of aromatic amines is 1. The Morgan fingerprint density at radius 1 is 0.988 bits per heavy atom. The predicted molar refractivity (Wildman–Crippen MR) is 315 cm³/mol. The Hall–Kier alpha value is -3.12. The lowest BCUT2D eigenvalue weighted by Crippen LogP contribution is -2.68. The summed E-state index contributed by atoms with van der Waals surface area (Å²) < 4.78 is 160. The summed E-state index contributed by atoms with van der Waals surface area (Å²) in [7, 11) is 3.85. The molecule has 3 N–H and O–H groups in total. The number of fused-ring (bicyclic) bond motifs is 5. The molecule has 2 heterocycles. The largest absolute Gasteiger partial charge is 0.494 e. The van der Waals surface area contributed by atoms with E-state index in [0.29, 0.717) is 43.5 Å². The van der Waals surface area contributed by atoms with Crippen molar-refractivity contribution >= 4 is 35.8 Å². The van der Waals surface area contributed by atoms with E-state index in [1.165, 1.54) is 33.8 Å². The number of unbranched alkanes of at least 4 members (excludes halogenated alkanes) is 3. The molecular weight excluding hydrogens is 1200 g/mol. The number of amides is 1. The summed E-state index contributed by atoms with van der Waals surface area (Å²) in [5, 5.41) is 17.0. The Morgan fingerprint density at radius 3 is 2.36 bits per heavy atom. The fourth-order valence-electron chi connectivity index (χ4n) is 13.0. The van der Waals surface area contributed by atoms with Gasteiger partial charge in [-0.3, -0.25) is 23.8 Å². The fourth-order valence-corrected chi connectivity index (χ4v) is 18.0. The zero-order valence-electron chi connectivity index (χ0n) is 51.6. The van der Waals surface area contributed by atoms with Crippen molar-refractivity contribution in [1.29, 1.82) is 6.69 Å². The molecule has 27 heteroatoms. The van der Waals surface area contributed by atoms with Crippen LogP contribution >= 0.6 is 29.9 Å². The quantitative estimate of drug-likeness (QED) is 0.0261. The third kappa shape index (κ3) is 18.1. The first-order chi connectivity index (χ1) is 40.9. The number of benzene rings is 1. The molecule has 488 valence electrons. The highest BCUT2D eigenvalue weighted by molar-refractivity contribution is 8.77. The van der Waals surface area contributed by atoms with Gasteiger partial charge in [0.2, 0.25) is 7.34 Å². The van der Waals surface area contributed by atoms with Crippen LogP contribution in [0.5, 0.6) is 5.75 Å². The number of carbonyl (C=O) groups is 1. The molecule has 1 amide bonds. The maximum atomic E-state index is 13.3. The number of aliphatic hydroxyl groups excluding tert-OH is 1. The van der Waals surface area contributed by atoms with Gasteiger partial charge >= 0.3 is 29.8 Å². The van der Waals surface area contributed by atoms with E-state index in [-0.39, 0.29) is 78.8 Å². The normalized spacial score (nSPS) is 24.2. The van der Waals surface area contributed by atoms with Crippen molar-refractivity contribution in [3.8, 4) is 11.8 Å². The van der Waals surface area contributed by atoms with Crippen molar-refractivity contribution in [1.82, 2.24) is 24.4 Å². The third-order valence-corrected chi connectivity index (χ3v) is 23.4. The monoisotopic (exact) mass is 1290 g/mol. The number of aliphatic hydroxyl groups is 1. The van der Waals surface area contributed by atoms with Crippen LogP contribution in [0, 0.1) is 28.6 Å². The third-order valence-electron chi connectivity index (χ3n) is 17.4. The van der Waals surface area contributed by atoms with E-state index in [4.69, 9.17) is 25.3 Å². The number of H-pyrrole nitrogens is 1. The molecular formula is C59H88F9N6O9PS2. The van der Waals surface area contributed by atoms with Crippen LogP contribution < -0.4 is 21.3 Å². The summed E-state index contributed by atoms with van der Waals surface area (Å²) in [5.74, 6) is 2.88. The molecule has 2 aromatic rings. The number of halogens is 9. The molecule has 0 bridgehead atoms. The lowest BCUT2D eigenvalue weighted by molar-refractivity contribution is -0.457. The summed E-state index contributed by atoms with van der Waals surface area (Å²) in [6.07, 6.45) is -9.53. The van der Waals surface area contributed by atoms with Gasteiger partial charge in [-0.25, -0.2) is 4.79 Å². The van der Waals surface area contributed by atoms with Gasteiger partial charge in [-0.05, 0) is 159 Å². The number of nitrogens with one attached hydrogen (secondary N) is 2.